The molecule has 0 unspecified atom stereocenters. The van der Waals surface area contributed by atoms with Crippen molar-refractivity contribution in [3.8, 4) is 0 Å². The average molecular weight is 193 g/mol. The van der Waals surface area contributed by atoms with Gasteiger partial charge >= 0.3 is 0 Å². The van der Waals surface area contributed by atoms with Crippen LogP contribution in [0.5, 0.6) is 0 Å². The van der Waals surface area contributed by atoms with Crippen molar-refractivity contribution in [1.29, 1.82) is 0 Å². The Labute approximate surface area is 85.3 Å². The molecular weight excluding hydrogens is 174 g/mol. The first-order valence-corrected chi connectivity index (χ1v) is 5.70. The van der Waals surface area contributed by atoms with Gasteiger partial charge in [-0.05, 0) is 56.6 Å². The maximum atomic E-state index is 8.70. The van der Waals surface area contributed by atoms with Crippen molar-refractivity contribution < 1.29 is 5.11 Å². The van der Waals surface area contributed by atoms with E-state index in [4.69, 9.17) is 5.11 Å². The molecule has 0 spiro atoms. The van der Waals surface area contributed by atoms with Crippen molar-refractivity contribution in [2.24, 2.45) is 0 Å². The predicted molar refractivity (Wildman–Crippen MR) is 57.5 cm³/mol. The van der Waals surface area contributed by atoms with Crippen LogP contribution in [0.2, 0.25) is 0 Å². The second kappa shape index (κ2) is 4.65. The van der Waals surface area contributed by atoms with Gasteiger partial charge in [0.05, 0.1) is 0 Å². The molecule has 2 N–H and O–H groups in total. The molecule has 0 aromatic carbocycles. The van der Waals surface area contributed by atoms with Crippen LogP contribution in [0, 0.1) is 0 Å². The molecular formula is C12H19NO. The zero-order chi connectivity index (χ0) is 9.80. The summed E-state index contributed by atoms with van der Waals surface area (Å²) in [5, 5.41) is 8.70. The second-order valence-electron chi connectivity index (χ2n) is 4.19. The van der Waals surface area contributed by atoms with Gasteiger partial charge in [0.1, 0.15) is 0 Å². The van der Waals surface area contributed by atoms with E-state index in [-0.39, 0.29) is 0 Å². The number of hydrogen-bond acceptors (Lipinski definition) is 1. The average Bonchev–Trinajstić information content (AvgIpc) is 2.60. The van der Waals surface area contributed by atoms with Crippen LogP contribution < -0.4 is 0 Å². The van der Waals surface area contributed by atoms with E-state index in [1.807, 2.05) is 0 Å². The number of aliphatic hydroxyl groups excluding tert-OH is 1. The standard InChI is InChI=1S/C12H19NO/c14-8-4-3-6-11-9-10-5-1-2-7-12(10)13-11/h9,13-14H,1-8H2. The lowest BCUT2D eigenvalue weighted by molar-refractivity contribution is 0.284. The topological polar surface area (TPSA) is 36.0 Å². The lowest BCUT2D eigenvalue weighted by atomic mass is 9.98. The Balaban J connectivity index is 1.94. The largest absolute Gasteiger partial charge is 0.396 e. The fourth-order valence-corrected chi connectivity index (χ4v) is 2.23. The maximum Gasteiger partial charge on any atom is 0.0431 e. The van der Waals surface area contributed by atoms with Crippen LogP contribution in [-0.4, -0.2) is 16.7 Å². The molecule has 2 heteroatoms. The molecule has 0 atom stereocenters. The second-order valence-corrected chi connectivity index (χ2v) is 4.19. The van der Waals surface area contributed by atoms with E-state index in [9.17, 15) is 0 Å². The van der Waals surface area contributed by atoms with Crippen molar-refractivity contribution in [3.63, 3.8) is 0 Å². The van der Waals surface area contributed by atoms with Crippen LogP contribution in [0.15, 0.2) is 6.07 Å². The van der Waals surface area contributed by atoms with Crippen molar-refractivity contribution in [2.45, 2.75) is 44.9 Å². The van der Waals surface area contributed by atoms with Crippen molar-refractivity contribution in [3.05, 3.63) is 23.0 Å². The van der Waals surface area contributed by atoms with E-state index in [1.54, 1.807) is 0 Å². The SMILES string of the molecule is OCCCCc1cc2c([nH]1)CCCC2. The van der Waals surface area contributed by atoms with E-state index in [0.29, 0.717) is 6.61 Å². The molecule has 14 heavy (non-hydrogen) atoms. The summed E-state index contributed by atoms with van der Waals surface area (Å²) in [4.78, 5) is 3.51. The molecule has 0 saturated heterocycles. The summed E-state index contributed by atoms with van der Waals surface area (Å²) in [5.74, 6) is 0. The summed E-state index contributed by atoms with van der Waals surface area (Å²) < 4.78 is 0. The molecule has 0 amide bonds. The smallest absolute Gasteiger partial charge is 0.0431 e. The van der Waals surface area contributed by atoms with Crippen molar-refractivity contribution >= 4 is 0 Å². The summed E-state index contributed by atoms with van der Waals surface area (Å²) in [7, 11) is 0. The first-order chi connectivity index (χ1) is 6.90. The van der Waals surface area contributed by atoms with E-state index >= 15 is 0 Å². The third kappa shape index (κ3) is 2.18. The Bertz CT molecular complexity index is 267. The van der Waals surface area contributed by atoms with E-state index < -0.39 is 0 Å². The molecule has 0 radical (unpaired) electrons. The molecule has 0 bridgehead atoms. The van der Waals surface area contributed by atoms with Crippen LogP contribution in [0.1, 0.15) is 42.6 Å². The Morgan fingerprint density at radius 2 is 2.07 bits per heavy atom. The lowest BCUT2D eigenvalue weighted by Crippen LogP contribution is -1.99. The number of aryl methyl sites for hydroxylation is 3. The number of fused-ring (bicyclic) bond motifs is 1. The Morgan fingerprint density at radius 1 is 1.21 bits per heavy atom. The number of aromatic nitrogens is 1. The van der Waals surface area contributed by atoms with Gasteiger partial charge in [-0.2, -0.15) is 0 Å². The number of aliphatic hydroxyl groups is 1. The quantitative estimate of drug-likeness (QED) is 0.707. The predicted octanol–water partition coefficient (Wildman–Crippen LogP) is 2.21. The molecule has 1 heterocycles. The molecule has 1 aliphatic carbocycles. The van der Waals surface area contributed by atoms with Gasteiger partial charge in [-0.3, -0.25) is 0 Å². The summed E-state index contributed by atoms with van der Waals surface area (Å²) in [6, 6.07) is 2.33. The Hall–Kier alpha value is -0.760. The van der Waals surface area contributed by atoms with E-state index in [2.05, 4.69) is 11.1 Å². The third-order valence-corrected chi connectivity index (χ3v) is 3.02. The van der Waals surface area contributed by atoms with Gasteiger partial charge in [-0.1, -0.05) is 0 Å². The van der Waals surface area contributed by atoms with E-state index in [0.717, 1.165) is 19.3 Å². The molecule has 2 rings (SSSR count). The molecule has 1 aromatic rings. The lowest BCUT2D eigenvalue weighted by Gasteiger charge is -2.09. The van der Waals surface area contributed by atoms with Gasteiger partial charge in [0, 0.05) is 18.0 Å². The number of nitrogens with one attached hydrogen (secondary N) is 1. The number of unbranched alkanes of at least 4 members (excludes halogenated alkanes) is 1. The molecule has 78 valence electrons. The summed E-state index contributed by atoms with van der Waals surface area (Å²) >= 11 is 0. The highest BCUT2D eigenvalue weighted by Gasteiger charge is 2.11. The highest BCUT2D eigenvalue weighted by molar-refractivity contribution is 5.28. The van der Waals surface area contributed by atoms with Crippen LogP contribution >= 0.6 is 0 Å². The summed E-state index contributed by atoms with van der Waals surface area (Å²) in [6.07, 6.45) is 8.28. The van der Waals surface area contributed by atoms with Crippen LogP contribution in [-0.2, 0) is 19.3 Å². The molecule has 1 aliphatic rings. The van der Waals surface area contributed by atoms with Gasteiger partial charge in [-0.15, -0.1) is 0 Å². The van der Waals surface area contributed by atoms with Gasteiger partial charge in [-0.25, -0.2) is 0 Å². The number of H-pyrrole nitrogens is 1. The van der Waals surface area contributed by atoms with E-state index in [1.165, 1.54) is 42.6 Å². The molecule has 0 saturated carbocycles. The zero-order valence-corrected chi connectivity index (χ0v) is 8.68. The van der Waals surface area contributed by atoms with Gasteiger partial charge in [0.15, 0.2) is 0 Å². The fourth-order valence-electron chi connectivity index (χ4n) is 2.23. The van der Waals surface area contributed by atoms with Crippen LogP contribution in [0.25, 0.3) is 0 Å². The van der Waals surface area contributed by atoms with Crippen LogP contribution in [0.4, 0.5) is 0 Å². The Morgan fingerprint density at radius 3 is 2.86 bits per heavy atom. The van der Waals surface area contributed by atoms with Crippen molar-refractivity contribution in [2.75, 3.05) is 6.61 Å². The Kier molecular flexibility index (Phi) is 3.25. The first-order valence-electron chi connectivity index (χ1n) is 5.70. The van der Waals surface area contributed by atoms with Crippen molar-refractivity contribution in [1.82, 2.24) is 4.98 Å². The highest BCUT2D eigenvalue weighted by Crippen LogP contribution is 2.22. The van der Waals surface area contributed by atoms with Gasteiger partial charge in [0.25, 0.3) is 0 Å². The zero-order valence-electron chi connectivity index (χ0n) is 8.68. The molecule has 1 aromatic heterocycles. The number of aromatic amines is 1. The summed E-state index contributed by atoms with van der Waals surface area (Å²) in [6.45, 7) is 0.320. The number of hydrogen-bond donors (Lipinski definition) is 2. The maximum absolute atomic E-state index is 8.70. The normalized spacial score (nSPS) is 15.5. The highest BCUT2D eigenvalue weighted by atomic mass is 16.2. The minimum atomic E-state index is 0.320. The van der Waals surface area contributed by atoms with Crippen LogP contribution in [0.3, 0.4) is 0 Å². The molecule has 0 aliphatic heterocycles. The molecule has 2 nitrogen and oxygen atoms in total. The number of rotatable bonds is 4. The molecule has 0 fully saturated rings. The summed E-state index contributed by atoms with van der Waals surface area (Å²) in [5.41, 5.74) is 4.37. The minimum absolute atomic E-state index is 0.320. The van der Waals surface area contributed by atoms with Gasteiger partial charge in [0.2, 0.25) is 0 Å². The fraction of sp³-hybridized carbons (Fsp3) is 0.667. The van der Waals surface area contributed by atoms with Gasteiger partial charge < -0.3 is 10.1 Å². The monoisotopic (exact) mass is 193 g/mol. The minimum Gasteiger partial charge on any atom is -0.396 e. The first kappa shape index (κ1) is 9.78. The third-order valence-electron chi connectivity index (χ3n) is 3.02.